The Morgan fingerprint density at radius 3 is 1.86 bits per heavy atom. The van der Waals surface area contributed by atoms with Gasteiger partial charge in [0.1, 0.15) is 24.4 Å². The van der Waals surface area contributed by atoms with Crippen molar-refractivity contribution in [1.82, 2.24) is 0 Å². The van der Waals surface area contributed by atoms with Gasteiger partial charge in [-0.2, -0.15) is 0 Å². The highest BCUT2D eigenvalue weighted by Crippen LogP contribution is 2.34. The molecule has 1 saturated carbocycles. The fourth-order valence-electron chi connectivity index (χ4n) is 2.93. The molecule has 9 atom stereocenters. The van der Waals surface area contributed by atoms with E-state index in [1.807, 2.05) is 0 Å². The van der Waals surface area contributed by atoms with Crippen LogP contribution in [0.4, 0.5) is 0 Å². The van der Waals surface area contributed by atoms with E-state index in [2.05, 4.69) is 0 Å². The molecule has 22 heavy (non-hydrogen) atoms. The summed E-state index contributed by atoms with van der Waals surface area (Å²) in [6.07, 6.45) is -10.9. The molecule has 0 bridgehead atoms. The molecule has 1 aliphatic carbocycles. The predicted molar refractivity (Wildman–Crippen MR) is 72.4 cm³/mol. The monoisotopic (exact) mass is 326 g/mol. The third-order valence-electron chi connectivity index (χ3n) is 4.41. The molecular formula is C13H26O9. The number of aliphatic hydroxyl groups is 9. The van der Waals surface area contributed by atoms with E-state index in [9.17, 15) is 40.9 Å². The summed E-state index contributed by atoms with van der Waals surface area (Å²) in [6.45, 7) is -1.28. The Hall–Kier alpha value is -0.360. The van der Waals surface area contributed by atoms with E-state index in [0.717, 1.165) is 0 Å². The summed E-state index contributed by atoms with van der Waals surface area (Å²) in [5.74, 6) is -1.42. The van der Waals surface area contributed by atoms with Crippen LogP contribution in [0.2, 0.25) is 0 Å². The average molecular weight is 326 g/mol. The van der Waals surface area contributed by atoms with Crippen LogP contribution < -0.4 is 0 Å². The Morgan fingerprint density at radius 2 is 1.36 bits per heavy atom. The fraction of sp³-hybridized carbons (Fsp3) is 1.00. The molecule has 1 aliphatic rings. The minimum absolute atomic E-state index is 0.00805. The number of aliphatic hydroxyl groups excluding tert-OH is 9. The topological polar surface area (TPSA) is 182 Å². The molecule has 9 N–H and O–H groups in total. The van der Waals surface area contributed by atoms with E-state index in [-0.39, 0.29) is 12.8 Å². The molecule has 0 saturated heterocycles. The second-order valence-corrected chi connectivity index (χ2v) is 5.92. The van der Waals surface area contributed by atoms with Gasteiger partial charge < -0.3 is 46.0 Å². The first-order chi connectivity index (χ1) is 10.2. The van der Waals surface area contributed by atoms with Gasteiger partial charge in [-0.25, -0.2) is 0 Å². The van der Waals surface area contributed by atoms with Crippen LogP contribution in [0, 0.1) is 11.8 Å². The Bertz CT molecular complexity index is 329. The van der Waals surface area contributed by atoms with Crippen LogP contribution in [-0.2, 0) is 0 Å². The summed E-state index contributed by atoms with van der Waals surface area (Å²) >= 11 is 0. The lowest BCUT2D eigenvalue weighted by molar-refractivity contribution is -0.155. The maximum Gasteiger partial charge on any atom is 0.110 e. The van der Waals surface area contributed by atoms with Crippen molar-refractivity contribution in [1.29, 1.82) is 0 Å². The summed E-state index contributed by atoms with van der Waals surface area (Å²) in [6, 6.07) is 0. The molecular weight excluding hydrogens is 300 g/mol. The van der Waals surface area contributed by atoms with E-state index >= 15 is 0 Å². The fourth-order valence-corrected chi connectivity index (χ4v) is 2.93. The van der Waals surface area contributed by atoms with Crippen molar-refractivity contribution in [3.63, 3.8) is 0 Å². The predicted octanol–water partition coefficient (Wildman–Crippen LogP) is -4.48. The summed E-state index contributed by atoms with van der Waals surface area (Å²) in [5.41, 5.74) is 0. The lowest BCUT2D eigenvalue weighted by Gasteiger charge is -2.41. The van der Waals surface area contributed by atoms with Crippen LogP contribution in [-0.4, -0.2) is 102 Å². The zero-order chi connectivity index (χ0) is 17.0. The minimum atomic E-state index is -1.77. The molecule has 9 heteroatoms. The minimum Gasteiger partial charge on any atom is -0.396 e. The van der Waals surface area contributed by atoms with E-state index < -0.39 is 67.8 Å². The van der Waals surface area contributed by atoms with E-state index in [1.54, 1.807) is 0 Å². The lowest BCUT2D eigenvalue weighted by atomic mass is 9.72. The molecule has 0 radical (unpaired) electrons. The molecule has 0 aromatic carbocycles. The van der Waals surface area contributed by atoms with Gasteiger partial charge in [0.25, 0.3) is 0 Å². The molecule has 0 spiro atoms. The van der Waals surface area contributed by atoms with Crippen LogP contribution in [0.25, 0.3) is 0 Å². The van der Waals surface area contributed by atoms with Crippen molar-refractivity contribution in [2.24, 2.45) is 11.8 Å². The van der Waals surface area contributed by atoms with Crippen LogP contribution in [0.15, 0.2) is 0 Å². The summed E-state index contributed by atoms with van der Waals surface area (Å²) in [7, 11) is 0. The van der Waals surface area contributed by atoms with Crippen molar-refractivity contribution in [2.75, 3.05) is 13.2 Å². The smallest absolute Gasteiger partial charge is 0.110 e. The number of hydrogen-bond acceptors (Lipinski definition) is 9. The number of rotatable bonds is 7. The third kappa shape index (κ3) is 4.34. The summed E-state index contributed by atoms with van der Waals surface area (Å²) < 4.78 is 0. The van der Waals surface area contributed by atoms with E-state index in [4.69, 9.17) is 5.11 Å². The van der Waals surface area contributed by atoms with Gasteiger partial charge in [-0.3, -0.25) is 0 Å². The van der Waals surface area contributed by atoms with Gasteiger partial charge in [-0.15, -0.1) is 0 Å². The first-order valence-corrected chi connectivity index (χ1v) is 7.22. The van der Waals surface area contributed by atoms with Crippen molar-refractivity contribution in [2.45, 2.75) is 55.6 Å². The summed E-state index contributed by atoms with van der Waals surface area (Å²) in [5, 5.41) is 85.5. The molecule has 1 unspecified atom stereocenters. The molecule has 0 heterocycles. The highest BCUT2D eigenvalue weighted by molar-refractivity contribution is 4.94. The van der Waals surface area contributed by atoms with Gasteiger partial charge in [0.15, 0.2) is 0 Å². The van der Waals surface area contributed by atoms with Crippen molar-refractivity contribution in [3.8, 4) is 0 Å². The molecule has 0 aliphatic heterocycles. The first-order valence-electron chi connectivity index (χ1n) is 7.22. The quantitative estimate of drug-likeness (QED) is 0.223. The van der Waals surface area contributed by atoms with Crippen LogP contribution in [0.1, 0.15) is 12.8 Å². The highest BCUT2D eigenvalue weighted by Gasteiger charge is 2.44. The standard InChI is InChI=1S/C13H26O9/c14-3-6-5(1-7(16)11(20)10(6)19)2-8(17)12(21)13(22)9(18)4-15/h5-22H,1-4H2/t5?,6-,7-,8+,9-,10-,11-,12-,13-/m1/s1. The molecule has 0 aromatic heterocycles. The molecule has 0 amide bonds. The van der Waals surface area contributed by atoms with Crippen molar-refractivity contribution >= 4 is 0 Å². The van der Waals surface area contributed by atoms with E-state index in [1.165, 1.54) is 0 Å². The van der Waals surface area contributed by atoms with Crippen molar-refractivity contribution in [3.05, 3.63) is 0 Å². The van der Waals surface area contributed by atoms with Crippen LogP contribution in [0.5, 0.6) is 0 Å². The second kappa shape index (κ2) is 8.48. The molecule has 1 rings (SSSR count). The molecule has 132 valence electrons. The number of hydrogen-bond donors (Lipinski definition) is 9. The van der Waals surface area contributed by atoms with Gasteiger partial charge in [-0.1, -0.05) is 0 Å². The van der Waals surface area contributed by atoms with Crippen LogP contribution in [0.3, 0.4) is 0 Å². The Kier molecular flexibility index (Phi) is 7.59. The largest absolute Gasteiger partial charge is 0.396 e. The average Bonchev–Trinajstić information content (AvgIpc) is 2.50. The lowest BCUT2D eigenvalue weighted by Crippen LogP contribution is -2.53. The van der Waals surface area contributed by atoms with Gasteiger partial charge in [-0.05, 0) is 18.8 Å². The normalized spacial score (nSPS) is 38.3. The summed E-state index contributed by atoms with van der Waals surface area (Å²) in [4.78, 5) is 0. The molecule has 1 fully saturated rings. The highest BCUT2D eigenvalue weighted by atomic mass is 16.4. The van der Waals surface area contributed by atoms with Gasteiger partial charge in [0.05, 0.1) is 24.9 Å². The Labute approximate surface area is 127 Å². The zero-order valence-electron chi connectivity index (χ0n) is 12.0. The van der Waals surface area contributed by atoms with Crippen molar-refractivity contribution < 1.29 is 46.0 Å². The Balaban J connectivity index is 2.70. The SMILES string of the molecule is OC[C@@H](O)[C@@H](O)[C@H](O)[C@@H](O)CC1C[C@@H](O)[C@@H](O)[C@H](O)[C@@H]1CO. The molecule has 0 aromatic rings. The van der Waals surface area contributed by atoms with E-state index in [0.29, 0.717) is 0 Å². The zero-order valence-corrected chi connectivity index (χ0v) is 12.0. The second-order valence-electron chi connectivity index (χ2n) is 5.92. The maximum absolute atomic E-state index is 9.93. The third-order valence-corrected chi connectivity index (χ3v) is 4.41. The van der Waals surface area contributed by atoms with Gasteiger partial charge in [0.2, 0.25) is 0 Å². The maximum atomic E-state index is 9.93. The van der Waals surface area contributed by atoms with Crippen LogP contribution >= 0.6 is 0 Å². The molecule has 9 nitrogen and oxygen atoms in total. The Morgan fingerprint density at radius 1 is 0.818 bits per heavy atom. The van der Waals surface area contributed by atoms with Gasteiger partial charge >= 0.3 is 0 Å². The first kappa shape index (κ1) is 19.7. The van der Waals surface area contributed by atoms with Gasteiger partial charge in [0, 0.05) is 12.5 Å².